The normalized spacial score (nSPS) is 18.2. The Morgan fingerprint density at radius 3 is 2.37 bits per heavy atom. The number of hydrogen-bond donors (Lipinski definition) is 2. The van der Waals surface area contributed by atoms with Crippen LogP contribution in [0.15, 0.2) is 77.7 Å². The number of amides is 4. The predicted octanol–water partition coefficient (Wildman–Crippen LogP) is 2.43. The fourth-order valence-corrected chi connectivity index (χ4v) is 5.11. The number of carbonyl (C=O) groups is 3. The topological polar surface area (TPSA) is 116 Å². The smallest absolute Gasteiger partial charge is 0.322 e. The van der Waals surface area contributed by atoms with Crippen LogP contribution in [-0.4, -0.2) is 54.7 Å². The number of aryl methyl sites for hydroxylation is 1. The highest BCUT2D eigenvalue weighted by molar-refractivity contribution is 7.89. The van der Waals surface area contributed by atoms with E-state index in [0.717, 1.165) is 20.6 Å². The van der Waals surface area contributed by atoms with Gasteiger partial charge >= 0.3 is 6.03 Å². The SMILES string of the molecule is CN(CC(=O)NN1C(=O)N[C@](C)(CCc2ccccc2)C1=O)S(=O)(=O)c1ccc2ccccc2c1. The molecule has 1 aliphatic heterocycles. The number of urea groups is 1. The average molecular weight is 495 g/mol. The standard InChI is InChI=1S/C25H26N4O5S/c1-25(15-14-18-8-4-3-5-9-18)23(31)29(24(32)26-25)27-22(30)17-28(2)35(33,34)21-13-12-19-10-6-7-11-20(19)16-21/h3-13,16H,14-15,17H2,1-2H3,(H,26,32)(H,27,30)/t25-/m1/s1. The van der Waals surface area contributed by atoms with Crippen LogP contribution in [-0.2, 0) is 26.0 Å². The highest BCUT2D eigenvalue weighted by Crippen LogP contribution is 2.23. The number of sulfonamides is 1. The van der Waals surface area contributed by atoms with Gasteiger partial charge in [0.25, 0.3) is 11.8 Å². The van der Waals surface area contributed by atoms with Crippen LogP contribution in [0.1, 0.15) is 18.9 Å². The molecule has 0 unspecified atom stereocenters. The highest BCUT2D eigenvalue weighted by atomic mass is 32.2. The molecule has 0 saturated carbocycles. The third-order valence-corrected chi connectivity index (χ3v) is 7.85. The first-order chi connectivity index (χ1) is 16.6. The Bertz CT molecular complexity index is 1390. The van der Waals surface area contributed by atoms with Gasteiger partial charge in [-0.1, -0.05) is 60.7 Å². The third kappa shape index (κ3) is 5.03. The number of nitrogens with one attached hydrogen (secondary N) is 2. The monoisotopic (exact) mass is 494 g/mol. The molecule has 35 heavy (non-hydrogen) atoms. The van der Waals surface area contributed by atoms with E-state index in [-0.39, 0.29) is 4.90 Å². The van der Waals surface area contributed by atoms with Gasteiger partial charge in [-0.2, -0.15) is 9.31 Å². The molecule has 0 aliphatic carbocycles. The number of fused-ring (bicyclic) bond motifs is 1. The molecule has 0 spiro atoms. The zero-order valence-electron chi connectivity index (χ0n) is 19.4. The summed E-state index contributed by atoms with van der Waals surface area (Å²) in [6.45, 7) is 1.02. The second-order valence-corrected chi connectivity index (χ2v) is 10.7. The van der Waals surface area contributed by atoms with Crippen molar-refractivity contribution in [2.75, 3.05) is 13.6 Å². The lowest BCUT2D eigenvalue weighted by molar-refractivity contribution is -0.138. The van der Waals surface area contributed by atoms with Gasteiger partial charge in [0, 0.05) is 7.05 Å². The second-order valence-electron chi connectivity index (χ2n) is 8.69. The molecule has 3 aromatic carbocycles. The zero-order chi connectivity index (χ0) is 25.2. The lowest BCUT2D eigenvalue weighted by Gasteiger charge is -2.22. The number of hydrogen-bond acceptors (Lipinski definition) is 5. The Hall–Kier alpha value is -3.76. The average Bonchev–Trinajstić information content (AvgIpc) is 3.06. The summed E-state index contributed by atoms with van der Waals surface area (Å²) in [7, 11) is -2.72. The summed E-state index contributed by atoms with van der Waals surface area (Å²) >= 11 is 0. The van der Waals surface area contributed by atoms with Gasteiger partial charge in [-0.3, -0.25) is 15.0 Å². The molecular weight excluding hydrogens is 468 g/mol. The molecule has 0 aromatic heterocycles. The first-order valence-electron chi connectivity index (χ1n) is 11.1. The molecule has 1 heterocycles. The fraction of sp³-hybridized carbons (Fsp3) is 0.240. The van der Waals surface area contributed by atoms with E-state index in [4.69, 9.17) is 0 Å². The Morgan fingerprint density at radius 1 is 1.00 bits per heavy atom. The molecule has 10 heteroatoms. The van der Waals surface area contributed by atoms with E-state index in [1.165, 1.54) is 19.2 Å². The Kier molecular flexibility index (Phi) is 6.60. The molecule has 1 saturated heterocycles. The minimum Gasteiger partial charge on any atom is -0.322 e. The Labute approximate surface area is 203 Å². The lowest BCUT2D eigenvalue weighted by atomic mass is 9.93. The summed E-state index contributed by atoms with van der Waals surface area (Å²) in [6.07, 6.45) is 0.891. The van der Waals surface area contributed by atoms with Crippen LogP contribution in [0.5, 0.6) is 0 Å². The number of likely N-dealkylation sites (N-methyl/N-ethyl adjacent to an activating group) is 1. The van der Waals surface area contributed by atoms with Gasteiger partial charge in [-0.05, 0) is 48.2 Å². The van der Waals surface area contributed by atoms with Crippen molar-refractivity contribution >= 4 is 38.6 Å². The number of benzene rings is 3. The molecule has 1 fully saturated rings. The first kappa shape index (κ1) is 24.4. The molecule has 1 aliphatic rings. The summed E-state index contributed by atoms with van der Waals surface area (Å²) < 4.78 is 26.8. The summed E-state index contributed by atoms with van der Waals surface area (Å²) in [5.74, 6) is -1.42. The van der Waals surface area contributed by atoms with E-state index in [2.05, 4.69) is 10.7 Å². The first-order valence-corrected chi connectivity index (χ1v) is 12.5. The van der Waals surface area contributed by atoms with Crippen LogP contribution in [0.3, 0.4) is 0 Å². The van der Waals surface area contributed by atoms with Gasteiger partial charge < -0.3 is 5.32 Å². The third-order valence-electron chi connectivity index (χ3n) is 6.05. The van der Waals surface area contributed by atoms with Crippen molar-refractivity contribution in [1.82, 2.24) is 20.1 Å². The maximum atomic E-state index is 13.0. The van der Waals surface area contributed by atoms with Gasteiger partial charge in [0.05, 0.1) is 11.4 Å². The van der Waals surface area contributed by atoms with Crippen LogP contribution in [0.2, 0.25) is 0 Å². The van der Waals surface area contributed by atoms with E-state index >= 15 is 0 Å². The largest absolute Gasteiger partial charge is 0.344 e. The molecule has 4 rings (SSSR count). The van der Waals surface area contributed by atoms with Gasteiger partial charge in [0.2, 0.25) is 10.0 Å². The summed E-state index contributed by atoms with van der Waals surface area (Å²) in [5.41, 5.74) is 2.06. The van der Waals surface area contributed by atoms with Crippen molar-refractivity contribution in [3.63, 3.8) is 0 Å². The molecule has 2 N–H and O–H groups in total. The van der Waals surface area contributed by atoms with Crippen LogP contribution in [0.4, 0.5) is 4.79 Å². The van der Waals surface area contributed by atoms with Crippen molar-refractivity contribution < 1.29 is 22.8 Å². The Morgan fingerprint density at radius 2 is 1.66 bits per heavy atom. The fourth-order valence-electron chi connectivity index (χ4n) is 3.95. The van der Waals surface area contributed by atoms with Crippen LogP contribution in [0.25, 0.3) is 10.8 Å². The molecule has 182 valence electrons. The summed E-state index contributed by atoms with van der Waals surface area (Å²) in [6, 6.07) is 20.8. The second kappa shape index (κ2) is 9.47. The van der Waals surface area contributed by atoms with Crippen LogP contribution >= 0.6 is 0 Å². The number of imide groups is 1. The zero-order valence-corrected chi connectivity index (χ0v) is 20.2. The Balaban J connectivity index is 1.40. The van der Waals surface area contributed by atoms with Crippen molar-refractivity contribution in [1.29, 1.82) is 0 Å². The molecule has 1 atom stereocenters. The quantitative estimate of drug-likeness (QED) is 0.467. The lowest BCUT2D eigenvalue weighted by Crippen LogP contribution is -2.51. The maximum Gasteiger partial charge on any atom is 0.344 e. The summed E-state index contributed by atoms with van der Waals surface area (Å²) in [4.78, 5) is 38.0. The van der Waals surface area contributed by atoms with Gasteiger partial charge in [0.15, 0.2) is 0 Å². The summed E-state index contributed by atoms with van der Waals surface area (Å²) in [5, 5.41) is 4.88. The van der Waals surface area contributed by atoms with Crippen LogP contribution in [0, 0.1) is 0 Å². The van der Waals surface area contributed by atoms with E-state index in [9.17, 15) is 22.8 Å². The number of rotatable bonds is 8. The van der Waals surface area contributed by atoms with E-state index in [1.807, 2.05) is 48.5 Å². The molecule has 3 aromatic rings. The van der Waals surface area contributed by atoms with E-state index in [0.29, 0.717) is 17.9 Å². The number of carbonyl (C=O) groups excluding carboxylic acids is 3. The molecule has 0 radical (unpaired) electrons. The van der Waals surface area contributed by atoms with Crippen molar-refractivity contribution in [2.45, 2.75) is 30.2 Å². The number of nitrogens with zero attached hydrogens (tertiary/aromatic N) is 2. The maximum absolute atomic E-state index is 13.0. The predicted molar refractivity (Wildman–Crippen MR) is 130 cm³/mol. The van der Waals surface area contributed by atoms with E-state index < -0.39 is 40.0 Å². The molecule has 9 nitrogen and oxygen atoms in total. The van der Waals surface area contributed by atoms with Gasteiger partial charge in [-0.25, -0.2) is 13.2 Å². The molecule has 0 bridgehead atoms. The van der Waals surface area contributed by atoms with Gasteiger partial charge in [0.1, 0.15) is 5.54 Å². The minimum atomic E-state index is -3.98. The van der Waals surface area contributed by atoms with E-state index in [1.54, 1.807) is 19.1 Å². The van der Waals surface area contributed by atoms with Crippen molar-refractivity contribution in [3.8, 4) is 0 Å². The minimum absolute atomic E-state index is 0.0370. The van der Waals surface area contributed by atoms with Crippen molar-refractivity contribution in [2.24, 2.45) is 0 Å². The molecule has 4 amide bonds. The van der Waals surface area contributed by atoms with Gasteiger partial charge in [-0.15, -0.1) is 0 Å². The van der Waals surface area contributed by atoms with Crippen LogP contribution < -0.4 is 10.7 Å². The highest BCUT2D eigenvalue weighted by Gasteiger charge is 2.48. The van der Waals surface area contributed by atoms with Crippen molar-refractivity contribution in [3.05, 3.63) is 78.4 Å². The number of hydrazine groups is 1. The molecular formula is C25H26N4O5S.